The van der Waals surface area contributed by atoms with Gasteiger partial charge in [0.25, 0.3) is 0 Å². The third-order valence-electron chi connectivity index (χ3n) is 1.91. The Labute approximate surface area is 84.8 Å². The Balaban J connectivity index is 2.42. The molecule has 0 amide bonds. The average molecular weight is 223 g/mol. The van der Waals surface area contributed by atoms with Crippen LogP contribution in [0.4, 0.5) is 0 Å². The maximum absolute atomic E-state index is 5.86. The highest BCUT2D eigenvalue weighted by atomic mass is 35.5. The lowest BCUT2D eigenvalue weighted by molar-refractivity contribution is 0.115. The molecule has 0 aliphatic carbocycles. The van der Waals surface area contributed by atoms with Crippen LogP contribution >= 0.6 is 23.4 Å². The third-order valence-corrected chi connectivity index (χ3v) is 2.88. The number of nitrogens with zero attached hydrogens (tertiary/aromatic N) is 3. The zero-order chi connectivity index (χ0) is 9.64. The van der Waals surface area contributed by atoms with Gasteiger partial charge < -0.3 is 5.32 Å². The van der Waals surface area contributed by atoms with Crippen LogP contribution < -0.4 is 16.9 Å². The van der Waals surface area contributed by atoms with Gasteiger partial charge in [-0.1, -0.05) is 11.6 Å². The molecule has 2 heterocycles. The molecule has 2 unspecified atom stereocenters. The fourth-order valence-electron chi connectivity index (χ4n) is 1.17. The first-order valence-corrected chi connectivity index (χ1v) is 4.27. The molecule has 2 atom stereocenters. The van der Waals surface area contributed by atoms with Crippen molar-refractivity contribution in [2.24, 2.45) is 16.6 Å². The number of rotatable bonds is 0. The lowest BCUT2D eigenvalue weighted by atomic mass is 10.2. The maximum Gasteiger partial charge on any atom is 0.225 e. The summed E-state index contributed by atoms with van der Waals surface area (Å²) in [6, 6.07) is 0. The van der Waals surface area contributed by atoms with E-state index in [0.717, 1.165) is 4.42 Å². The van der Waals surface area contributed by atoms with Crippen LogP contribution in [0.1, 0.15) is 0 Å². The minimum Gasteiger partial charge on any atom is -0.344 e. The van der Waals surface area contributed by atoms with E-state index in [1.807, 2.05) is 0 Å². The summed E-state index contributed by atoms with van der Waals surface area (Å²) in [7, 11) is 0. The standard InChI is InChI=1S/C5H8Cl2N6/c6-4-12(9)1-3-5(8,13(4)7)11-2-10-3/h1-2,4H,8-9H2,(H,10,11). The maximum atomic E-state index is 5.86. The molecular formula is C5H8Cl2N6. The Morgan fingerprint density at radius 2 is 2.38 bits per heavy atom. The molecule has 6 nitrogen and oxygen atoms in total. The van der Waals surface area contributed by atoms with Crippen LogP contribution in [0.5, 0.6) is 0 Å². The zero-order valence-electron chi connectivity index (χ0n) is 6.48. The number of hydrogen-bond acceptors (Lipinski definition) is 6. The fraction of sp³-hybridized carbons (Fsp3) is 0.400. The number of nitrogens with two attached hydrogens (primary N) is 2. The van der Waals surface area contributed by atoms with Crippen molar-refractivity contribution in [3.8, 4) is 0 Å². The van der Waals surface area contributed by atoms with E-state index in [2.05, 4.69) is 10.3 Å². The van der Waals surface area contributed by atoms with E-state index >= 15 is 0 Å². The van der Waals surface area contributed by atoms with Gasteiger partial charge in [-0.25, -0.2) is 10.8 Å². The predicted octanol–water partition coefficient (Wildman–Crippen LogP) is -0.761. The molecular weight excluding hydrogens is 215 g/mol. The smallest absolute Gasteiger partial charge is 0.225 e. The number of hydrazine groups is 1. The molecule has 0 aromatic rings. The lowest BCUT2D eigenvalue weighted by Crippen LogP contribution is -2.62. The molecule has 72 valence electrons. The molecule has 0 aromatic carbocycles. The molecule has 2 aliphatic heterocycles. The minimum absolute atomic E-state index is 0.585. The van der Waals surface area contributed by atoms with Gasteiger partial charge in [0.05, 0.1) is 12.0 Å². The van der Waals surface area contributed by atoms with E-state index in [-0.39, 0.29) is 0 Å². The molecule has 0 saturated heterocycles. The van der Waals surface area contributed by atoms with Gasteiger partial charge in [0.2, 0.25) is 5.79 Å². The molecule has 0 fully saturated rings. The van der Waals surface area contributed by atoms with E-state index < -0.39 is 11.4 Å². The molecule has 2 rings (SSSR count). The van der Waals surface area contributed by atoms with Crippen molar-refractivity contribution in [2.75, 3.05) is 0 Å². The first kappa shape index (κ1) is 9.04. The Hall–Kier alpha value is -0.530. The van der Waals surface area contributed by atoms with E-state index in [1.165, 1.54) is 11.3 Å². The van der Waals surface area contributed by atoms with Crippen molar-refractivity contribution >= 4 is 29.7 Å². The second kappa shape index (κ2) is 2.73. The second-order valence-electron chi connectivity index (χ2n) is 2.74. The molecule has 8 heteroatoms. The van der Waals surface area contributed by atoms with Crippen molar-refractivity contribution in [1.29, 1.82) is 0 Å². The first-order chi connectivity index (χ1) is 6.05. The van der Waals surface area contributed by atoms with E-state index in [9.17, 15) is 0 Å². The monoisotopic (exact) mass is 222 g/mol. The van der Waals surface area contributed by atoms with Crippen molar-refractivity contribution in [1.82, 2.24) is 14.7 Å². The van der Waals surface area contributed by atoms with E-state index in [1.54, 1.807) is 6.20 Å². The largest absolute Gasteiger partial charge is 0.344 e. The van der Waals surface area contributed by atoms with Crippen molar-refractivity contribution in [2.45, 2.75) is 11.4 Å². The molecule has 0 spiro atoms. The number of aliphatic imine (C=N–C) groups is 1. The summed E-state index contributed by atoms with van der Waals surface area (Å²) in [5.74, 6) is 4.40. The van der Waals surface area contributed by atoms with Gasteiger partial charge in [0.15, 0.2) is 5.62 Å². The van der Waals surface area contributed by atoms with Gasteiger partial charge in [-0.3, -0.25) is 10.7 Å². The number of halogens is 2. The van der Waals surface area contributed by atoms with Gasteiger partial charge in [-0.15, -0.1) is 4.42 Å². The lowest BCUT2D eigenvalue weighted by Gasteiger charge is -2.40. The Morgan fingerprint density at radius 3 is 3.08 bits per heavy atom. The van der Waals surface area contributed by atoms with Gasteiger partial charge >= 0.3 is 0 Å². The summed E-state index contributed by atoms with van der Waals surface area (Å²) in [4.78, 5) is 3.96. The number of hydrogen-bond donors (Lipinski definition) is 3. The van der Waals surface area contributed by atoms with Gasteiger partial charge in [-0.2, -0.15) is 0 Å². The van der Waals surface area contributed by atoms with Crippen LogP contribution in [-0.4, -0.2) is 27.2 Å². The van der Waals surface area contributed by atoms with Crippen LogP contribution in [0, 0.1) is 0 Å². The van der Waals surface area contributed by atoms with E-state index in [0.29, 0.717) is 5.70 Å². The summed E-state index contributed by atoms with van der Waals surface area (Å²) in [5, 5.41) is 4.05. The first-order valence-electron chi connectivity index (χ1n) is 3.49. The summed E-state index contributed by atoms with van der Waals surface area (Å²) >= 11 is 11.7. The average Bonchev–Trinajstić information content (AvgIpc) is 2.45. The molecule has 5 N–H and O–H groups in total. The second-order valence-corrected chi connectivity index (χ2v) is 3.50. The van der Waals surface area contributed by atoms with Crippen LogP contribution in [0.2, 0.25) is 0 Å². The number of nitrogens with one attached hydrogen (secondary N) is 1. The van der Waals surface area contributed by atoms with Crippen LogP contribution in [-0.2, 0) is 0 Å². The van der Waals surface area contributed by atoms with E-state index in [4.69, 9.17) is 35.0 Å². The topological polar surface area (TPSA) is 82.9 Å². The SMILES string of the molecule is NN1C=C2NC=NC2(N)N(Cl)C1Cl. The quantitative estimate of drug-likeness (QED) is 0.217. The third kappa shape index (κ3) is 1.11. The summed E-state index contributed by atoms with van der Waals surface area (Å²) in [6.07, 6.45) is 3.01. The Bertz CT molecular complexity index is 291. The number of fused-ring (bicyclic) bond motifs is 1. The fourth-order valence-corrected chi connectivity index (χ4v) is 1.61. The number of alkyl halides is 1. The molecule has 0 aromatic heterocycles. The Kier molecular flexibility index (Phi) is 1.90. The van der Waals surface area contributed by atoms with Crippen LogP contribution in [0.25, 0.3) is 0 Å². The van der Waals surface area contributed by atoms with Gasteiger partial charge in [0, 0.05) is 6.20 Å². The highest BCUT2D eigenvalue weighted by Gasteiger charge is 2.46. The molecule has 0 bridgehead atoms. The van der Waals surface area contributed by atoms with Crippen molar-refractivity contribution in [3.63, 3.8) is 0 Å². The molecule has 13 heavy (non-hydrogen) atoms. The highest BCUT2D eigenvalue weighted by Crippen LogP contribution is 2.32. The van der Waals surface area contributed by atoms with Crippen LogP contribution in [0.3, 0.4) is 0 Å². The summed E-state index contributed by atoms with van der Waals surface area (Å²) in [6.45, 7) is 0. The molecule has 0 saturated carbocycles. The van der Waals surface area contributed by atoms with Crippen molar-refractivity contribution in [3.05, 3.63) is 11.9 Å². The minimum atomic E-state index is -1.14. The van der Waals surface area contributed by atoms with Gasteiger partial charge in [0.1, 0.15) is 0 Å². The molecule has 0 radical (unpaired) electrons. The highest BCUT2D eigenvalue weighted by molar-refractivity contribution is 6.25. The van der Waals surface area contributed by atoms with Crippen LogP contribution in [0.15, 0.2) is 16.9 Å². The van der Waals surface area contributed by atoms with Crippen molar-refractivity contribution < 1.29 is 0 Å². The summed E-state index contributed by atoms with van der Waals surface area (Å²) in [5.41, 5.74) is 5.72. The normalized spacial score (nSPS) is 38.6. The Morgan fingerprint density at radius 1 is 1.69 bits per heavy atom. The summed E-state index contributed by atoms with van der Waals surface area (Å²) < 4.78 is 1.14. The van der Waals surface area contributed by atoms with Gasteiger partial charge in [-0.05, 0) is 11.8 Å². The molecule has 2 aliphatic rings. The predicted molar refractivity (Wildman–Crippen MR) is 50.0 cm³/mol. The zero-order valence-corrected chi connectivity index (χ0v) is 8.00.